The van der Waals surface area contributed by atoms with Crippen molar-refractivity contribution in [2.75, 3.05) is 32.9 Å². The standard InChI is InChI=1S/C26H38N2O8/c1-7-32-23(29)21(27-24(30)36-26(4,5)6)22(34-16-18(2)3)20-15-28(13-14-33-20)25(31)35-17-19-11-9-8-10-12-19/h8-12,20-22H,2,7,13-17H2,1,3-6H3,(H,27,30)/t20-,21+,22-/m1/s1. The van der Waals surface area contributed by atoms with Crippen LogP contribution in [-0.4, -0.2) is 79.8 Å². The van der Waals surface area contributed by atoms with Crippen molar-refractivity contribution in [3.05, 3.63) is 48.0 Å². The lowest BCUT2D eigenvalue weighted by atomic mass is 10.0. The summed E-state index contributed by atoms with van der Waals surface area (Å²) in [6.45, 7) is 13.3. The molecule has 0 saturated carbocycles. The Hall–Kier alpha value is -3.11. The molecule has 0 radical (unpaired) electrons. The Morgan fingerprint density at radius 3 is 2.50 bits per heavy atom. The van der Waals surface area contributed by atoms with E-state index in [1.807, 2.05) is 30.3 Å². The Morgan fingerprint density at radius 1 is 1.19 bits per heavy atom. The first-order valence-corrected chi connectivity index (χ1v) is 12.0. The molecule has 1 aliphatic heterocycles. The number of nitrogens with zero attached hydrogens (tertiary/aromatic N) is 1. The van der Waals surface area contributed by atoms with Gasteiger partial charge < -0.3 is 33.9 Å². The fourth-order valence-corrected chi connectivity index (χ4v) is 3.45. The number of alkyl carbamates (subject to hydrolysis) is 1. The van der Waals surface area contributed by atoms with Gasteiger partial charge in [-0.15, -0.1) is 0 Å². The van der Waals surface area contributed by atoms with Gasteiger partial charge in [-0.05, 0) is 40.2 Å². The molecular formula is C26H38N2O8. The first kappa shape index (κ1) is 29.1. The molecule has 0 bridgehead atoms. The maximum atomic E-state index is 12.9. The van der Waals surface area contributed by atoms with Crippen LogP contribution >= 0.6 is 0 Å². The number of rotatable bonds is 10. The summed E-state index contributed by atoms with van der Waals surface area (Å²) >= 11 is 0. The lowest BCUT2D eigenvalue weighted by molar-refractivity contribution is -0.159. The molecule has 10 heteroatoms. The molecule has 10 nitrogen and oxygen atoms in total. The van der Waals surface area contributed by atoms with Crippen LogP contribution in [0.5, 0.6) is 0 Å². The number of amides is 2. The highest BCUT2D eigenvalue weighted by atomic mass is 16.6. The van der Waals surface area contributed by atoms with E-state index in [1.165, 1.54) is 4.90 Å². The Labute approximate surface area is 212 Å². The van der Waals surface area contributed by atoms with E-state index in [4.69, 9.17) is 23.7 Å². The van der Waals surface area contributed by atoms with Gasteiger partial charge in [0.15, 0.2) is 6.04 Å². The quantitative estimate of drug-likeness (QED) is 0.292. The van der Waals surface area contributed by atoms with Crippen LogP contribution in [-0.2, 0) is 35.1 Å². The zero-order valence-corrected chi connectivity index (χ0v) is 21.8. The Morgan fingerprint density at radius 2 is 1.89 bits per heavy atom. The second kappa shape index (κ2) is 13.8. The molecule has 1 aromatic rings. The van der Waals surface area contributed by atoms with E-state index >= 15 is 0 Å². The number of esters is 1. The molecule has 0 unspecified atom stereocenters. The van der Waals surface area contributed by atoms with E-state index in [2.05, 4.69) is 11.9 Å². The molecule has 1 fully saturated rings. The summed E-state index contributed by atoms with van der Waals surface area (Å²) < 4.78 is 27.9. The van der Waals surface area contributed by atoms with Crippen molar-refractivity contribution in [3.8, 4) is 0 Å². The van der Waals surface area contributed by atoms with Gasteiger partial charge >= 0.3 is 18.2 Å². The number of hydrogen-bond acceptors (Lipinski definition) is 8. The van der Waals surface area contributed by atoms with Crippen molar-refractivity contribution in [2.45, 2.75) is 65.1 Å². The van der Waals surface area contributed by atoms with Crippen LogP contribution < -0.4 is 5.32 Å². The van der Waals surface area contributed by atoms with Gasteiger partial charge in [-0.2, -0.15) is 0 Å². The SMILES string of the molecule is C=C(C)CO[C@@H]([C@H](NC(=O)OC(C)(C)C)C(=O)OCC)[C@H]1CN(C(=O)OCc2ccccc2)CCO1. The fraction of sp³-hybridized carbons (Fsp3) is 0.577. The third-order valence-electron chi connectivity index (χ3n) is 4.99. The molecule has 1 heterocycles. The zero-order valence-electron chi connectivity index (χ0n) is 21.8. The van der Waals surface area contributed by atoms with Gasteiger partial charge in [-0.1, -0.05) is 42.5 Å². The van der Waals surface area contributed by atoms with Crippen LogP contribution in [0.2, 0.25) is 0 Å². The molecule has 36 heavy (non-hydrogen) atoms. The monoisotopic (exact) mass is 506 g/mol. The van der Waals surface area contributed by atoms with Gasteiger partial charge in [-0.3, -0.25) is 0 Å². The molecule has 1 aliphatic rings. The minimum Gasteiger partial charge on any atom is -0.464 e. The average molecular weight is 507 g/mol. The van der Waals surface area contributed by atoms with Crippen molar-refractivity contribution in [2.24, 2.45) is 0 Å². The highest BCUT2D eigenvalue weighted by Crippen LogP contribution is 2.19. The van der Waals surface area contributed by atoms with Gasteiger partial charge in [0.05, 0.1) is 26.4 Å². The Bertz CT molecular complexity index is 884. The second-order valence-corrected chi connectivity index (χ2v) is 9.50. The fourth-order valence-electron chi connectivity index (χ4n) is 3.45. The van der Waals surface area contributed by atoms with E-state index in [0.29, 0.717) is 12.1 Å². The Balaban J connectivity index is 2.19. The number of morpholine rings is 1. The number of nitrogens with one attached hydrogen (secondary N) is 1. The summed E-state index contributed by atoms with van der Waals surface area (Å²) in [4.78, 5) is 39.7. The third kappa shape index (κ3) is 9.87. The molecule has 2 amide bonds. The molecule has 0 aromatic heterocycles. The summed E-state index contributed by atoms with van der Waals surface area (Å²) in [5.74, 6) is -0.706. The first-order chi connectivity index (χ1) is 17.0. The second-order valence-electron chi connectivity index (χ2n) is 9.50. The third-order valence-corrected chi connectivity index (χ3v) is 4.99. The highest BCUT2D eigenvalue weighted by Gasteiger charge is 2.42. The summed E-state index contributed by atoms with van der Waals surface area (Å²) in [5.41, 5.74) is 0.787. The van der Waals surface area contributed by atoms with Crippen LogP contribution in [0.15, 0.2) is 42.5 Å². The van der Waals surface area contributed by atoms with E-state index in [9.17, 15) is 14.4 Å². The van der Waals surface area contributed by atoms with Crippen molar-refractivity contribution in [1.82, 2.24) is 10.2 Å². The summed E-state index contributed by atoms with van der Waals surface area (Å²) in [6, 6.07) is 8.10. The number of carbonyl (C=O) groups is 3. The smallest absolute Gasteiger partial charge is 0.410 e. The molecule has 1 saturated heterocycles. The molecule has 1 N–H and O–H groups in total. The summed E-state index contributed by atoms with van der Waals surface area (Å²) in [6.07, 6.45) is -3.07. The molecule has 1 aromatic carbocycles. The number of hydrogen-bond donors (Lipinski definition) is 1. The van der Waals surface area contributed by atoms with Crippen molar-refractivity contribution in [1.29, 1.82) is 0 Å². The van der Waals surface area contributed by atoms with Gasteiger partial charge in [0.25, 0.3) is 0 Å². The Kier molecular flexibility index (Phi) is 11.2. The molecule has 2 rings (SSSR count). The minimum absolute atomic E-state index is 0.0837. The van der Waals surface area contributed by atoms with Crippen LogP contribution in [0.25, 0.3) is 0 Å². The van der Waals surface area contributed by atoms with Gasteiger partial charge in [0, 0.05) is 6.54 Å². The van der Waals surface area contributed by atoms with E-state index in [1.54, 1.807) is 34.6 Å². The van der Waals surface area contributed by atoms with E-state index < -0.39 is 42.0 Å². The van der Waals surface area contributed by atoms with Crippen molar-refractivity contribution in [3.63, 3.8) is 0 Å². The van der Waals surface area contributed by atoms with Gasteiger partial charge in [0.1, 0.15) is 24.4 Å². The van der Waals surface area contributed by atoms with Crippen LogP contribution in [0.4, 0.5) is 9.59 Å². The van der Waals surface area contributed by atoms with Crippen LogP contribution in [0.3, 0.4) is 0 Å². The van der Waals surface area contributed by atoms with E-state index in [0.717, 1.165) is 5.56 Å². The number of ether oxygens (including phenoxy) is 5. The summed E-state index contributed by atoms with van der Waals surface area (Å²) in [7, 11) is 0. The molecule has 200 valence electrons. The van der Waals surface area contributed by atoms with Crippen LogP contribution in [0, 0.1) is 0 Å². The number of benzene rings is 1. The summed E-state index contributed by atoms with van der Waals surface area (Å²) in [5, 5.41) is 2.56. The maximum Gasteiger partial charge on any atom is 0.410 e. The van der Waals surface area contributed by atoms with Crippen molar-refractivity contribution < 1.29 is 38.1 Å². The molecule has 0 aliphatic carbocycles. The van der Waals surface area contributed by atoms with Crippen LogP contribution in [0.1, 0.15) is 40.2 Å². The minimum atomic E-state index is -1.25. The average Bonchev–Trinajstić information content (AvgIpc) is 2.81. The van der Waals surface area contributed by atoms with Crippen molar-refractivity contribution >= 4 is 18.2 Å². The normalized spacial score (nSPS) is 17.5. The van der Waals surface area contributed by atoms with E-state index in [-0.39, 0.29) is 33.0 Å². The zero-order chi connectivity index (χ0) is 26.7. The first-order valence-electron chi connectivity index (χ1n) is 12.0. The lowest BCUT2D eigenvalue weighted by Crippen LogP contribution is -2.60. The topological polar surface area (TPSA) is 113 Å². The largest absolute Gasteiger partial charge is 0.464 e. The molecule has 0 spiro atoms. The predicted molar refractivity (Wildman–Crippen MR) is 132 cm³/mol. The predicted octanol–water partition coefficient (Wildman–Crippen LogP) is 3.44. The molecule has 3 atom stereocenters. The lowest BCUT2D eigenvalue weighted by Gasteiger charge is -2.38. The van der Waals surface area contributed by atoms with Gasteiger partial charge in [-0.25, -0.2) is 14.4 Å². The van der Waals surface area contributed by atoms with Gasteiger partial charge in [0.2, 0.25) is 0 Å². The molecular weight excluding hydrogens is 468 g/mol. The highest BCUT2D eigenvalue weighted by molar-refractivity contribution is 5.82. The maximum absolute atomic E-state index is 12.9. The number of carbonyl (C=O) groups excluding carboxylic acids is 3.